The van der Waals surface area contributed by atoms with Crippen LogP contribution < -0.4 is 14.7 Å². The Morgan fingerprint density at radius 2 is 1.46 bits per heavy atom. The molecule has 1 aromatic heterocycles. The molecule has 5 unspecified atom stereocenters. The van der Waals surface area contributed by atoms with Crippen LogP contribution in [-0.2, 0) is 6.42 Å². The Morgan fingerprint density at radius 1 is 0.662 bits per heavy atom. The average Bonchev–Trinajstić information content (AvgIpc) is 3.87. The Balaban J connectivity index is 0.837. The van der Waals surface area contributed by atoms with Gasteiger partial charge in [0, 0.05) is 68.4 Å². The van der Waals surface area contributed by atoms with Gasteiger partial charge in [-0.1, -0.05) is 140 Å². The van der Waals surface area contributed by atoms with Crippen molar-refractivity contribution in [2.75, 3.05) is 14.7 Å². The van der Waals surface area contributed by atoms with Gasteiger partial charge in [-0.3, -0.25) is 0 Å². The monoisotopic (exact) mass is 844 g/mol. The Labute approximate surface area is 384 Å². The van der Waals surface area contributed by atoms with Gasteiger partial charge in [0.25, 0.3) is 0 Å². The summed E-state index contributed by atoms with van der Waals surface area (Å²) in [5.41, 5.74) is 17.0. The third kappa shape index (κ3) is 7.17. The van der Waals surface area contributed by atoms with Crippen molar-refractivity contribution in [2.45, 2.75) is 75.9 Å². The van der Waals surface area contributed by atoms with Crippen molar-refractivity contribution in [1.82, 2.24) is 4.57 Å². The Morgan fingerprint density at radius 3 is 2.25 bits per heavy atom. The van der Waals surface area contributed by atoms with Crippen molar-refractivity contribution in [1.29, 1.82) is 0 Å². The van der Waals surface area contributed by atoms with Crippen LogP contribution in [0.3, 0.4) is 0 Å². The van der Waals surface area contributed by atoms with Crippen LogP contribution in [0.2, 0.25) is 0 Å². The van der Waals surface area contributed by atoms with E-state index < -0.39 is 0 Å². The zero-order chi connectivity index (χ0) is 43.3. The molecule has 320 valence electrons. The molecule has 0 saturated carbocycles. The third-order valence-corrected chi connectivity index (χ3v) is 14.6. The summed E-state index contributed by atoms with van der Waals surface area (Å²) in [6.07, 6.45) is 38.4. The zero-order valence-electron chi connectivity index (χ0n) is 37.3. The van der Waals surface area contributed by atoms with Crippen molar-refractivity contribution in [3.8, 4) is 0 Å². The van der Waals surface area contributed by atoms with E-state index in [0.29, 0.717) is 12.0 Å². The summed E-state index contributed by atoms with van der Waals surface area (Å²) < 4.78 is 2.57. The Bertz CT molecular complexity index is 3010. The molecule has 5 atom stereocenters. The maximum absolute atomic E-state index is 2.63. The highest BCUT2D eigenvalue weighted by Crippen LogP contribution is 2.49. The molecule has 2 heterocycles. The van der Waals surface area contributed by atoms with E-state index in [9.17, 15) is 0 Å². The minimum atomic E-state index is 0.180. The standard InChI is InChI=1S/C61H56N4/c1-43-26-37-55-57-42-53(36-39-60(57)65(61(55)40-43)49-22-12-5-13-23-49)63(47-18-8-3-9-19-47)51-33-29-45(30-34-51)44-27-31-50(32-28-44)62(46-16-6-2-7-17-46)52-35-38-59-56(41-52)54-24-14-15-25-58(54)64(59)48-20-10-4-11-21-48/h2-6,8-12,14-15,18-22,24-33,35-39,41-43,46,51,56,59H,7,13,16-17,23,34,40H2,1H3. The second kappa shape index (κ2) is 16.8. The molecule has 5 aliphatic carbocycles. The largest absolute Gasteiger partial charge is 0.338 e. The fourth-order valence-corrected chi connectivity index (χ4v) is 11.5. The molecule has 0 saturated heterocycles. The first-order valence-corrected chi connectivity index (χ1v) is 24.0. The maximum Gasteiger partial charge on any atom is 0.0631 e. The Kier molecular flexibility index (Phi) is 10.2. The van der Waals surface area contributed by atoms with Gasteiger partial charge in [0.1, 0.15) is 0 Å². The van der Waals surface area contributed by atoms with Gasteiger partial charge in [0.15, 0.2) is 0 Å². The summed E-state index contributed by atoms with van der Waals surface area (Å²) >= 11 is 0. The number of rotatable bonds is 9. The van der Waals surface area contributed by atoms with Gasteiger partial charge in [0.05, 0.1) is 17.6 Å². The smallest absolute Gasteiger partial charge is 0.0631 e. The van der Waals surface area contributed by atoms with E-state index in [1.54, 1.807) is 0 Å². The number of fused-ring (bicyclic) bond motifs is 6. The van der Waals surface area contributed by atoms with Gasteiger partial charge in [-0.2, -0.15) is 0 Å². The normalized spacial score (nSPS) is 22.8. The first-order valence-electron chi connectivity index (χ1n) is 24.0. The van der Waals surface area contributed by atoms with Gasteiger partial charge in [-0.15, -0.1) is 0 Å². The quantitative estimate of drug-likeness (QED) is 0.135. The van der Waals surface area contributed by atoms with Crippen molar-refractivity contribution in [3.05, 3.63) is 228 Å². The molecule has 4 nitrogen and oxygen atoms in total. The summed E-state index contributed by atoms with van der Waals surface area (Å²) in [5.74, 6) is 0.805. The average molecular weight is 845 g/mol. The molecule has 6 aliphatic rings. The number of allylic oxidation sites excluding steroid dienone is 9. The second-order valence-electron chi connectivity index (χ2n) is 18.7. The molecule has 5 aromatic carbocycles. The van der Waals surface area contributed by atoms with E-state index in [4.69, 9.17) is 0 Å². The van der Waals surface area contributed by atoms with Crippen LogP contribution in [0.1, 0.15) is 73.8 Å². The van der Waals surface area contributed by atoms with Crippen LogP contribution in [0.5, 0.6) is 0 Å². The fourth-order valence-electron chi connectivity index (χ4n) is 11.5. The molecular weight excluding hydrogens is 789 g/mol. The highest BCUT2D eigenvalue weighted by Gasteiger charge is 2.39. The molecule has 0 amide bonds. The second-order valence-corrected chi connectivity index (χ2v) is 18.7. The molecule has 0 fully saturated rings. The number of benzene rings is 5. The summed E-state index contributed by atoms with van der Waals surface area (Å²) in [5, 5.41) is 1.34. The van der Waals surface area contributed by atoms with Crippen molar-refractivity contribution < 1.29 is 0 Å². The summed E-state index contributed by atoms with van der Waals surface area (Å²) in [7, 11) is 0. The van der Waals surface area contributed by atoms with Crippen molar-refractivity contribution >= 4 is 56.7 Å². The maximum atomic E-state index is 2.63. The summed E-state index contributed by atoms with van der Waals surface area (Å²) in [6, 6.07) is 48.3. The van der Waals surface area contributed by atoms with Crippen LogP contribution >= 0.6 is 0 Å². The SMILES string of the molecule is CC1C=Cc2c(n(C3=CC=CCC3)c3ccc(N(c4ccccc4)C4C=CC(c5ccc(N(C6=CC7c8ccccc8N(c8ccccc8)C7C=C6)C6CC=CCC6)cc5)=CC4)cc23)C1. The highest BCUT2D eigenvalue weighted by molar-refractivity contribution is 5.97. The molecule has 0 bridgehead atoms. The Hall–Kier alpha value is -7.04. The van der Waals surface area contributed by atoms with Crippen LogP contribution in [0, 0.1) is 5.92 Å². The molecule has 0 N–H and O–H groups in total. The molecule has 6 aromatic rings. The lowest BCUT2D eigenvalue weighted by Gasteiger charge is -2.38. The molecule has 12 rings (SSSR count). The zero-order valence-corrected chi connectivity index (χ0v) is 37.3. The van der Waals surface area contributed by atoms with E-state index in [1.165, 1.54) is 78.7 Å². The van der Waals surface area contributed by atoms with E-state index in [2.05, 4.69) is 233 Å². The molecule has 0 radical (unpaired) electrons. The third-order valence-electron chi connectivity index (χ3n) is 14.6. The lowest BCUT2D eigenvalue weighted by molar-refractivity contribution is 0.575. The molecule has 0 spiro atoms. The van der Waals surface area contributed by atoms with Gasteiger partial charge in [0.2, 0.25) is 0 Å². The minimum absolute atomic E-state index is 0.180. The van der Waals surface area contributed by atoms with Crippen LogP contribution in [0.15, 0.2) is 206 Å². The van der Waals surface area contributed by atoms with Crippen LogP contribution in [-0.4, -0.2) is 22.7 Å². The van der Waals surface area contributed by atoms with Gasteiger partial charge in [-0.25, -0.2) is 0 Å². The summed E-state index contributed by atoms with van der Waals surface area (Å²) in [6.45, 7) is 2.34. The van der Waals surface area contributed by atoms with Crippen molar-refractivity contribution in [2.24, 2.45) is 5.92 Å². The first kappa shape index (κ1) is 39.5. The van der Waals surface area contributed by atoms with Gasteiger partial charge < -0.3 is 19.3 Å². The highest BCUT2D eigenvalue weighted by atomic mass is 15.2. The predicted octanol–water partition coefficient (Wildman–Crippen LogP) is 15.3. The molecular formula is C61H56N4. The summed E-state index contributed by atoms with van der Waals surface area (Å²) in [4.78, 5) is 7.70. The van der Waals surface area contributed by atoms with Crippen LogP contribution in [0.25, 0.3) is 28.2 Å². The van der Waals surface area contributed by atoms with Crippen LogP contribution in [0.4, 0.5) is 28.4 Å². The number of anilines is 5. The van der Waals surface area contributed by atoms with Gasteiger partial charge in [-0.05, 0) is 140 Å². The van der Waals surface area contributed by atoms with E-state index in [-0.39, 0.29) is 18.0 Å². The molecule has 1 aliphatic heterocycles. The van der Waals surface area contributed by atoms with E-state index >= 15 is 0 Å². The predicted molar refractivity (Wildman–Crippen MR) is 275 cm³/mol. The van der Waals surface area contributed by atoms with E-state index in [1.807, 2.05) is 0 Å². The van der Waals surface area contributed by atoms with Crippen molar-refractivity contribution in [3.63, 3.8) is 0 Å². The lowest BCUT2D eigenvalue weighted by atomic mass is 9.88. The number of para-hydroxylation sites is 3. The van der Waals surface area contributed by atoms with Gasteiger partial charge >= 0.3 is 0 Å². The lowest BCUT2D eigenvalue weighted by Crippen LogP contribution is -2.37. The fraction of sp³-hybridized carbons (Fsp3) is 0.213. The number of hydrogen-bond donors (Lipinski definition) is 0. The first-order chi connectivity index (χ1) is 32.2. The van der Waals surface area contributed by atoms with E-state index in [0.717, 1.165) is 44.9 Å². The molecule has 4 heteroatoms. The minimum Gasteiger partial charge on any atom is -0.338 e. The molecule has 65 heavy (non-hydrogen) atoms. The number of nitrogens with zero attached hydrogens (tertiary/aromatic N) is 4. The number of hydrogen-bond acceptors (Lipinski definition) is 3. The topological polar surface area (TPSA) is 14.7 Å². The number of aromatic nitrogens is 1.